The van der Waals surface area contributed by atoms with Crippen molar-refractivity contribution in [2.75, 3.05) is 13.1 Å². The van der Waals surface area contributed by atoms with E-state index in [1.54, 1.807) is 6.92 Å². The molecule has 0 radical (unpaired) electrons. The molecule has 0 unspecified atom stereocenters. The fraction of sp³-hybridized carbons (Fsp3) is 0.250. The SMILES string of the molecule is C#CCN(CC)C(=O)c1cc(O)cc(O)c1. The van der Waals surface area contributed by atoms with Crippen LogP contribution in [0.3, 0.4) is 0 Å². The number of phenols is 2. The molecule has 0 aliphatic rings. The Morgan fingerprint density at radius 3 is 2.38 bits per heavy atom. The van der Waals surface area contributed by atoms with E-state index in [0.29, 0.717) is 6.54 Å². The molecule has 0 saturated heterocycles. The molecule has 0 saturated carbocycles. The Morgan fingerprint density at radius 2 is 1.94 bits per heavy atom. The molecule has 0 aliphatic heterocycles. The number of carbonyl (C=O) groups is 1. The van der Waals surface area contributed by atoms with Crippen molar-refractivity contribution in [3.63, 3.8) is 0 Å². The van der Waals surface area contributed by atoms with Crippen molar-refractivity contribution in [1.29, 1.82) is 0 Å². The number of aromatic hydroxyl groups is 2. The van der Waals surface area contributed by atoms with Crippen molar-refractivity contribution in [3.8, 4) is 23.8 Å². The summed E-state index contributed by atoms with van der Waals surface area (Å²) < 4.78 is 0. The fourth-order valence-corrected chi connectivity index (χ4v) is 1.34. The van der Waals surface area contributed by atoms with Gasteiger partial charge in [-0.05, 0) is 19.1 Å². The van der Waals surface area contributed by atoms with Crippen molar-refractivity contribution >= 4 is 5.91 Å². The minimum absolute atomic E-state index is 0.153. The maximum absolute atomic E-state index is 11.9. The number of rotatable bonds is 3. The van der Waals surface area contributed by atoms with E-state index in [1.165, 1.54) is 17.0 Å². The predicted molar refractivity (Wildman–Crippen MR) is 60.2 cm³/mol. The zero-order chi connectivity index (χ0) is 12.1. The Hall–Kier alpha value is -2.15. The summed E-state index contributed by atoms with van der Waals surface area (Å²) in [5.74, 6) is 1.76. The molecule has 0 heterocycles. The molecule has 1 aromatic rings. The Labute approximate surface area is 94.1 Å². The van der Waals surface area contributed by atoms with Gasteiger partial charge in [-0.1, -0.05) is 5.92 Å². The van der Waals surface area contributed by atoms with Gasteiger partial charge in [-0.3, -0.25) is 4.79 Å². The fourth-order valence-electron chi connectivity index (χ4n) is 1.34. The highest BCUT2D eigenvalue weighted by atomic mass is 16.3. The molecule has 0 spiro atoms. The van der Waals surface area contributed by atoms with Crippen LogP contribution in [0.5, 0.6) is 11.5 Å². The summed E-state index contributed by atoms with van der Waals surface area (Å²) in [4.78, 5) is 13.3. The summed E-state index contributed by atoms with van der Waals surface area (Å²) in [5, 5.41) is 18.5. The molecule has 1 rings (SSSR count). The third-order valence-electron chi connectivity index (χ3n) is 2.10. The van der Waals surface area contributed by atoms with E-state index in [-0.39, 0.29) is 29.5 Å². The van der Waals surface area contributed by atoms with E-state index in [0.717, 1.165) is 6.07 Å². The number of nitrogens with zero attached hydrogens (tertiary/aromatic N) is 1. The zero-order valence-corrected chi connectivity index (χ0v) is 8.97. The van der Waals surface area contributed by atoms with Crippen LogP contribution < -0.4 is 0 Å². The van der Waals surface area contributed by atoms with Gasteiger partial charge < -0.3 is 15.1 Å². The molecule has 0 bridgehead atoms. The van der Waals surface area contributed by atoms with Crippen LogP contribution in [0.25, 0.3) is 0 Å². The van der Waals surface area contributed by atoms with Gasteiger partial charge in [0.05, 0.1) is 6.54 Å². The van der Waals surface area contributed by atoms with E-state index in [2.05, 4.69) is 5.92 Å². The first-order valence-corrected chi connectivity index (χ1v) is 4.84. The molecule has 84 valence electrons. The number of benzene rings is 1. The summed E-state index contributed by atoms with van der Waals surface area (Å²) in [6.07, 6.45) is 5.14. The van der Waals surface area contributed by atoms with Crippen molar-refractivity contribution in [2.24, 2.45) is 0 Å². The van der Waals surface area contributed by atoms with E-state index in [9.17, 15) is 15.0 Å². The highest BCUT2D eigenvalue weighted by molar-refractivity contribution is 5.95. The molecule has 1 amide bonds. The molecule has 2 N–H and O–H groups in total. The van der Waals surface area contributed by atoms with Gasteiger partial charge in [0.25, 0.3) is 5.91 Å². The summed E-state index contributed by atoms with van der Waals surface area (Å²) in [7, 11) is 0. The standard InChI is InChI=1S/C12H13NO3/c1-3-5-13(4-2)12(16)9-6-10(14)8-11(15)7-9/h1,6-8,14-15H,4-5H2,2H3. The maximum atomic E-state index is 11.9. The average Bonchev–Trinajstić information content (AvgIpc) is 2.23. The second kappa shape index (κ2) is 5.08. The summed E-state index contributed by atoms with van der Waals surface area (Å²) in [6, 6.07) is 3.75. The summed E-state index contributed by atoms with van der Waals surface area (Å²) >= 11 is 0. The van der Waals surface area contributed by atoms with Crippen LogP contribution >= 0.6 is 0 Å². The lowest BCUT2D eigenvalue weighted by Gasteiger charge is -2.18. The Kier molecular flexibility index (Phi) is 3.78. The van der Waals surface area contributed by atoms with Gasteiger partial charge in [-0.25, -0.2) is 0 Å². The molecule has 0 fully saturated rings. The predicted octanol–water partition coefficient (Wildman–Crippen LogP) is 1.19. The second-order valence-corrected chi connectivity index (χ2v) is 3.26. The van der Waals surface area contributed by atoms with Crippen LogP contribution in [0.4, 0.5) is 0 Å². The summed E-state index contributed by atoms with van der Waals surface area (Å²) in [6.45, 7) is 2.48. The first-order chi connectivity index (χ1) is 7.58. The summed E-state index contributed by atoms with van der Waals surface area (Å²) in [5.41, 5.74) is 0.217. The van der Waals surface area contributed by atoms with Crippen LogP contribution in [-0.4, -0.2) is 34.1 Å². The van der Waals surface area contributed by atoms with Gasteiger partial charge in [0.1, 0.15) is 11.5 Å². The van der Waals surface area contributed by atoms with Gasteiger partial charge >= 0.3 is 0 Å². The smallest absolute Gasteiger partial charge is 0.254 e. The molecular weight excluding hydrogens is 206 g/mol. The minimum atomic E-state index is -0.313. The number of hydrogen-bond acceptors (Lipinski definition) is 3. The van der Waals surface area contributed by atoms with Gasteiger partial charge in [-0.2, -0.15) is 0 Å². The number of amides is 1. The largest absolute Gasteiger partial charge is 0.508 e. The Balaban J connectivity index is 2.99. The Bertz CT molecular complexity index is 414. The molecule has 4 heteroatoms. The zero-order valence-electron chi connectivity index (χ0n) is 8.97. The highest BCUT2D eigenvalue weighted by Gasteiger charge is 2.14. The number of phenolic OH excluding ortho intramolecular Hbond substituents is 2. The van der Waals surface area contributed by atoms with E-state index in [4.69, 9.17) is 6.42 Å². The molecule has 0 aliphatic carbocycles. The highest BCUT2D eigenvalue weighted by Crippen LogP contribution is 2.21. The molecule has 1 aromatic carbocycles. The normalized spacial score (nSPS) is 9.50. The average molecular weight is 219 g/mol. The number of hydrogen-bond donors (Lipinski definition) is 2. The molecule has 0 aromatic heterocycles. The van der Waals surface area contributed by atoms with E-state index >= 15 is 0 Å². The molecule has 0 atom stereocenters. The monoisotopic (exact) mass is 219 g/mol. The van der Waals surface area contributed by atoms with Crippen molar-refractivity contribution in [3.05, 3.63) is 23.8 Å². The first-order valence-electron chi connectivity index (χ1n) is 4.84. The van der Waals surface area contributed by atoms with Crippen LogP contribution in [0, 0.1) is 12.3 Å². The lowest BCUT2D eigenvalue weighted by molar-refractivity contribution is 0.0784. The van der Waals surface area contributed by atoms with Gasteiger partial charge in [0.15, 0.2) is 0 Å². The molecule has 16 heavy (non-hydrogen) atoms. The van der Waals surface area contributed by atoms with Crippen LogP contribution in [-0.2, 0) is 0 Å². The van der Waals surface area contributed by atoms with Crippen LogP contribution in [0.15, 0.2) is 18.2 Å². The number of carbonyl (C=O) groups excluding carboxylic acids is 1. The van der Waals surface area contributed by atoms with Crippen molar-refractivity contribution in [2.45, 2.75) is 6.92 Å². The molecular formula is C12H13NO3. The topological polar surface area (TPSA) is 60.8 Å². The first kappa shape index (κ1) is 11.9. The number of terminal acetylenes is 1. The quantitative estimate of drug-likeness (QED) is 0.751. The maximum Gasteiger partial charge on any atom is 0.254 e. The lowest BCUT2D eigenvalue weighted by Crippen LogP contribution is -2.31. The lowest BCUT2D eigenvalue weighted by atomic mass is 10.1. The second-order valence-electron chi connectivity index (χ2n) is 3.26. The van der Waals surface area contributed by atoms with Gasteiger partial charge in [-0.15, -0.1) is 6.42 Å². The van der Waals surface area contributed by atoms with Crippen molar-refractivity contribution < 1.29 is 15.0 Å². The van der Waals surface area contributed by atoms with Crippen LogP contribution in [0.1, 0.15) is 17.3 Å². The van der Waals surface area contributed by atoms with E-state index < -0.39 is 0 Å². The third kappa shape index (κ3) is 2.67. The van der Waals surface area contributed by atoms with Crippen molar-refractivity contribution in [1.82, 2.24) is 4.90 Å². The third-order valence-corrected chi connectivity index (χ3v) is 2.10. The minimum Gasteiger partial charge on any atom is -0.508 e. The van der Waals surface area contributed by atoms with Gasteiger partial charge in [0, 0.05) is 18.2 Å². The van der Waals surface area contributed by atoms with Crippen LogP contribution in [0.2, 0.25) is 0 Å². The Morgan fingerprint density at radius 1 is 1.38 bits per heavy atom. The van der Waals surface area contributed by atoms with Gasteiger partial charge in [0.2, 0.25) is 0 Å². The molecule has 4 nitrogen and oxygen atoms in total. The van der Waals surface area contributed by atoms with E-state index in [1.807, 2.05) is 0 Å².